The van der Waals surface area contributed by atoms with Gasteiger partial charge in [-0.15, -0.1) is 0 Å². The molecule has 0 fully saturated rings. The summed E-state index contributed by atoms with van der Waals surface area (Å²) in [7, 11) is 0. The van der Waals surface area contributed by atoms with Crippen LogP contribution in [0.15, 0.2) is 30.6 Å². The van der Waals surface area contributed by atoms with Gasteiger partial charge in [-0.2, -0.15) is 5.10 Å². The molecule has 27 heavy (non-hydrogen) atoms. The summed E-state index contributed by atoms with van der Waals surface area (Å²) in [6.45, 7) is 3.01. The summed E-state index contributed by atoms with van der Waals surface area (Å²) >= 11 is 0. The van der Waals surface area contributed by atoms with E-state index in [2.05, 4.69) is 15.6 Å². The van der Waals surface area contributed by atoms with Crippen LogP contribution in [0.1, 0.15) is 15.9 Å². The molecule has 2 heterocycles. The van der Waals surface area contributed by atoms with Gasteiger partial charge in [0.05, 0.1) is 24.2 Å². The van der Waals surface area contributed by atoms with E-state index < -0.39 is 0 Å². The van der Waals surface area contributed by atoms with Crippen molar-refractivity contribution in [1.29, 1.82) is 0 Å². The summed E-state index contributed by atoms with van der Waals surface area (Å²) in [4.78, 5) is 17.4. The van der Waals surface area contributed by atoms with E-state index in [1.807, 2.05) is 16.8 Å². The van der Waals surface area contributed by atoms with Gasteiger partial charge in [-0.1, -0.05) is 0 Å². The normalized spacial score (nSPS) is 12.4. The topological polar surface area (TPSA) is 118 Å². The molecular weight excluding hydrogens is 344 g/mol. The zero-order chi connectivity index (χ0) is 18.8. The van der Waals surface area contributed by atoms with Crippen LogP contribution in [0.2, 0.25) is 0 Å². The Balaban J connectivity index is 1.86. The van der Waals surface area contributed by atoms with Crippen molar-refractivity contribution < 1.29 is 9.90 Å². The van der Waals surface area contributed by atoms with Crippen LogP contribution in [0.3, 0.4) is 0 Å². The Bertz CT molecular complexity index is 997. The Morgan fingerprint density at radius 2 is 2.04 bits per heavy atom. The Hall–Kier alpha value is -2.81. The fraction of sp³-hybridized carbons (Fsp3) is 0.316. The van der Waals surface area contributed by atoms with E-state index in [-0.39, 0.29) is 12.4 Å². The van der Waals surface area contributed by atoms with Crippen LogP contribution in [0.4, 0.5) is 5.69 Å². The quantitative estimate of drug-likeness (QED) is 0.337. The number of aliphatic hydroxyl groups is 1. The van der Waals surface area contributed by atoms with Crippen LogP contribution in [0.25, 0.3) is 22.2 Å². The third-order valence-corrected chi connectivity index (χ3v) is 4.72. The lowest BCUT2D eigenvalue weighted by Crippen LogP contribution is -2.23. The summed E-state index contributed by atoms with van der Waals surface area (Å²) in [6.07, 6.45) is 3.33. The minimum atomic E-state index is -0.0250. The average molecular weight is 366 g/mol. The van der Waals surface area contributed by atoms with Crippen molar-refractivity contribution in [1.82, 2.24) is 20.1 Å². The number of ketones is 1. The summed E-state index contributed by atoms with van der Waals surface area (Å²) < 4.78 is 1.90. The maximum Gasteiger partial charge on any atom is 0.196 e. The van der Waals surface area contributed by atoms with Gasteiger partial charge in [0.25, 0.3) is 0 Å². The average Bonchev–Trinajstić information content (AvgIpc) is 3.07. The van der Waals surface area contributed by atoms with Crippen LogP contribution in [0.5, 0.6) is 0 Å². The highest BCUT2D eigenvalue weighted by Crippen LogP contribution is 2.41. The van der Waals surface area contributed by atoms with E-state index in [9.17, 15) is 4.79 Å². The van der Waals surface area contributed by atoms with E-state index in [1.54, 1.807) is 18.5 Å². The third kappa shape index (κ3) is 2.97. The van der Waals surface area contributed by atoms with E-state index >= 15 is 0 Å². The molecule has 8 heteroatoms. The van der Waals surface area contributed by atoms with Crippen LogP contribution in [0, 0.1) is 0 Å². The molecule has 0 amide bonds. The first-order valence-electron chi connectivity index (χ1n) is 9.04. The smallest absolute Gasteiger partial charge is 0.196 e. The predicted octanol–water partition coefficient (Wildman–Crippen LogP) is 0.595. The lowest BCUT2D eigenvalue weighted by atomic mass is 9.87. The molecule has 5 N–H and O–H groups in total. The van der Waals surface area contributed by atoms with Crippen LogP contribution < -0.4 is 16.4 Å². The molecule has 0 atom stereocenters. The van der Waals surface area contributed by atoms with Gasteiger partial charge in [-0.3, -0.25) is 14.5 Å². The number of aromatic nitrogens is 3. The summed E-state index contributed by atoms with van der Waals surface area (Å²) in [5, 5.41) is 21.0. The van der Waals surface area contributed by atoms with E-state index in [1.165, 1.54) is 0 Å². The fourth-order valence-corrected chi connectivity index (χ4v) is 3.52. The molecule has 0 radical (unpaired) electrons. The molecule has 0 saturated heterocycles. The molecule has 0 aliphatic heterocycles. The minimum Gasteiger partial charge on any atom is -0.395 e. The number of hydrogen-bond acceptors (Lipinski definition) is 7. The highest BCUT2D eigenvalue weighted by atomic mass is 16.3. The molecule has 4 rings (SSSR count). The molecule has 8 nitrogen and oxygen atoms in total. The number of nitrogens with zero attached hydrogens (tertiary/aromatic N) is 3. The molecular formula is C19H22N6O2. The molecule has 1 aliphatic rings. The first-order chi connectivity index (χ1) is 13.3. The van der Waals surface area contributed by atoms with Crippen LogP contribution in [-0.4, -0.2) is 58.4 Å². The molecule has 140 valence electrons. The standard InChI is InChI=1S/C19H22N6O2/c20-4-6-23-14-1-2-15-17-16(14)19(27)12-3-5-22-11-13(12)18(17)24-25(15)9-7-21-8-10-26/h1-3,5,11,21,23,26H,4,6-10,20H2. The number of rotatable bonds is 8. The molecule has 0 unspecified atom stereocenters. The van der Waals surface area contributed by atoms with E-state index in [4.69, 9.17) is 15.9 Å². The Morgan fingerprint density at radius 1 is 1.15 bits per heavy atom. The highest BCUT2D eigenvalue weighted by Gasteiger charge is 2.31. The lowest BCUT2D eigenvalue weighted by Gasteiger charge is -2.18. The maximum absolute atomic E-state index is 13.2. The number of carbonyl (C=O) groups is 1. The van der Waals surface area contributed by atoms with Crippen molar-refractivity contribution >= 4 is 22.4 Å². The number of nitrogens with one attached hydrogen (secondary N) is 2. The van der Waals surface area contributed by atoms with Gasteiger partial charge in [0.1, 0.15) is 5.69 Å². The number of benzene rings is 1. The van der Waals surface area contributed by atoms with Gasteiger partial charge in [-0.25, -0.2) is 0 Å². The summed E-state index contributed by atoms with van der Waals surface area (Å²) in [5.74, 6) is -0.0250. The van der Waals surface area contributed by atoms with Crippen LogP contribution in [-0.2, 0) is 6.54 Å². The SMILES string of the molecule is NCCNc1ccc2c3c(nn2CCNCCO)-c2cnccc2C(=O)c13. The monoisotopic (exact) mass is 366 g/mol. The molecule has 1 aliphatic carbocycles. The van der Waals surface area contributed by atoms with Crippen molar-refractivity contribution in [3.8, 4) is 11.3 Å². The zero-order valence-corrected chi connectivity index (χ0v) is 14.9. The Kier molecular flexibility index (Phi) is 4.85. The van der Waals surface area contributed by atoms with Crippen molar-refractivity contribution in [3.05, 3.63) is 41.7 Å². The molecule has 0 spiro atoms. The fourth-order valence-electron chi connectivity index (χ4n) is 3.52. The number of carbonyl (C=O) groups excluding carboxylic acids is 1. The molecule has 0 saturated carbocycles. The van der Waals surface area contributed by atoms with Gasteiger partial charge in [-0.05, 0) is 18.2 Å². The van der Waals surface area contributed by atoms with Crippen LogP contribution >= 0.6 is 0 Å². The van der Waals surface area contributed by atoms with Crippen molar-refractivity contribution in [2.24, 2.45) is 5.73 Å². The largest absolute Gasteiger partial charge is 0.395 e. The van der Waals surface area contributed by atoms with Gasteiger partial charge >= 0.3 is 0 Å². The summed E-state index contributed by atoms with van der Waals surface area (Å²) in [6, 6.07) is 5.64. The van der Waals surface area contributed by atoms with Gasteiger partial charge in [0.2, 0.25) is 0 Å². The highest BCUT2D eigenvalue weighted by molar-refractivity contribution is 6.27. The summed E-state index contributed by atoms with van der Waals surface area (Å²) in [5.41, 5.74) is 10.1. The number of pyridine rings is 1. The van der Waals surface area contributed by atoms with E-state index in [0.29, 0.717) is 43.9 Å². The second kappa shape index (κ2) is 7.43. The molecule has 3 aromatic rings. The number of anilines is 1. The number of fused-ring (bicyclic) bond motifs is 2. The van der Waals surface area contributed by atoms with Gasteiger partial charge in [0, 0.05) is 60.8 Å². The van der Waals surface area contributed by atoms with E-state index in [0.717, 1.165) is 27.8 Å². The van der Waals surface area contributed by atoms with Gasteiger partial charge < -0.3 is 21.5 Å². The third-order valence-electron chi connectivity index (χ3n) is 4.72. The first-order valence-corrected chi connectivity index (χ1v) is 9.04. The minimum absolute atomic E-state index is 0.0250. The second-order valence-electron chi connectivity index (χ2n) is 6.39. The zero-order valence-electron chi connectivity index (χ0n) is 14.9. The lowest BCUT2D eigenvalue weighted by molar-refractivity contribution is 0.104. The first kappa shape index (κ1) is 17.6. The molecule has 1 aromatic carbocycles. The second-order valence-corrected chi connectivity index (χ2v) is 6.39. The number of hydrogen-bond donors (Lipinski definition) is 4. The Labute approximate surface area is 156 Å². The maximum atomic E-state index is 13.2. The van der Waals surface area contributed by atoms with Gasteiger partial charge in [0.15, 0.2) is 5.78 Å². The van der Waals surface area contributed by atoms with Crippen molar-refractivity contribution in [2.75, 3.05) is 38.1 Å². The number of aliphatic hydroxyl groups excluding tert-OH is 1. The molecule has 2 aromatic heterocycles. The van der Waals surface area contributed by atoms with Crippen molar-refractivity contribution in [2.45, 2.75) is 6.54 Å². The molecule has 0 bridgehead atoms. The van der Waals surface area contributed by atoms with Crippen molar-refractivity contribution in [3.63, 3.8) is 0 Å². The number of nitrogens with two attached hydrogens (primary N) is 1. The predicted molar refractivity (Wildman–Crippen MR) is 104 cm³/mol. The Morgan fingerprint density at radius 3 is 2.85 bits per heavy atom.